The zero-order valence-corrected chi connectivity index (χ0v) is 23.6. The number of anilines is 2. The molecular formula is C27H29ClN8O4S. The van der Waals surface area contributed by atoms with Gasteiger partial charge < -0.3 is 21.7 Å². The molecule has 2 aliphatic rings. The van der Waals surface area contributed by atoms with Crippen LogP contribution in [0.1, 0.15) is 52.1 Å². The van der Waals surface area contributed by atoms with Gasteiger partial charge in [0.05, 0.1) is 4.90 Å². The quantitative estimate of drug-likeness (QED) is 0.233. The molecule has 14 heteroatoms. The number of benzene rings is 1. The molecule has 2 aromatic heterocycles. The molecule has 2 aliphatic heterocycles. The number of pyridine rings is 1. The minimum absolute atomic E-state index is 0.0188. The SMILES string of the molecule is Nc1nc(N)c(C(=O)/C=C2\CCC3(CCN(C(=O)c4cccc(S(=O)(=O)NCc5cccnc5)c4)CC3)N2)nc1Cl. The zero-order chi connectivity index (χ0) is 29.2. The number of halogens is 1. The Bertz CT molecular complexity index is 1620. The van der Waals surface area contributed by atoms with Crippen LogP contribution in [0.4, 0.5) is 11.6 Å². The number of sulfonamides is 1. The van der Waals surface area contributed by atoms with Crippen LogP contribution in [-0.2, 0) is 16.6 Å². The van der Waals surface area contributed by atoms with E-state index in [9.17, 15) is 18.0 Å². The minimum Gasteiger partial charge on any atom is -0.383 e. The molecule has 214 valence electrons. The van der Waals surface area contributed by atoms with Crippen LogP contribution in [0.2, 0.25) is 5.15 Å². The molecule has 12 nitrogen and oxygen atoms in total. The average Bonchev–Trinajstić information content (AvgIpc) is 3.35. The van der Waals surface area contributed by atoms with Crippen LogP contribution in [0.25, 0.3) is 0 Å². The monoisotopic (exact) mass is 596 g/mol. The molecule has 0 aliphatic carbocycles. The van der Waals surface area contributed by atoms with E-state index >= 15 is 0 Å². The number of amides is 1. The van der Waals surface area contributed by atoms with Crippen molar-refractivity contribution in [2.45, 2.75) is 42.7 Å². The van der Waals surface area contributed by atoms with Crippen LogP contribution in [0.3, 0.4) is 0 Å². The molecular weight excluding hydrogens is 568 g/mol. The molecule has 0 unspecified atom stereocenters. The number of hydrogen-bond donors (Lipinski definition) is 4. The first-order valence-corrected chi connectivity index (χ1v) is 14.8. The Kier molecular flexibility index (Phi) is 7.93. The molecule has 0 saturated carbocycles. The van der Waals surface area contributed by atoms with Crippen molar-refractivity contribution in [3.05, 3.63) is 82.5 Å². The fourth-order valence-corrected chi connectivity index (χ4v) is 6.24. The van der Waals surface area contributed by atoms with E-state index in [4.69, 9.17) is 23.1 Å². The summed E-state index contributed by atoms with van der Waals surface area (Å²) in [5.41, 5.74) is 12.9. The number of piperidine rings is 1. The number of nitrogens with zero attached hydrogens (tertiary/aromatic N) is 4. The third-order valence-electron chi connectivity index (χ3n) is 7.33. The van der Waals surface area contributed by atoms with Crippen LogP contribution in [-0.4, -0.2) is 58.6 Å². The Morgan fingerprint density at radius 1 is 1.10 bits per heavy atom. The Morgan fingerprint density at radius 3 is 2.61 bits per heavy atom. The van der Waals surface area contributed by atoms with Crippen molar-refractivity contribution >= 4 is 45.0 Å². The Morgan fingerprint density at radius 2 is 1.88 bits per heavy atom. The van der Waals surface area contributed by atoms with E-state index < -0.39 is 15.8 Å². The molecule has 6 N–H and O–H groups in total. The van der Waals surface area contributed by atoms with Gasteiger partial charge in [-0.25, -0.2) is 23.1 Å². The molecule has 0 bridgehead atoms. The second-order valence-electron chi connectivity index (χ2n) is 10.1. The van der Waals surface area contributed by atoms with Gasteiger partial charge in [0.15, 0.2) is 22.5 Å². The van der Waals surface area contributed by atoms with Gasteiger partial charge in [0, 0.05) is 54.9 Å². The van der Waals surface area contributed by atoms with Crippen molar-refractivity contribution in [2.75, 3.05) is 24.6 Å². The third-order valence-corrected chi connectivity index (χ3v) is 9.01. The highest BCUT2D eigenvalue weighted by Gasteiger charge is 2.40. The fourth-order valence-electron chi connectivity index (χ4n) is 5.05. The predicted molar refractivity (Wildman–Crippen MR) is 153 cm³/mol. The van der Waals surface area contributed by atoms with E-state index in [0.29, 0.717) is 37.9 Å². The van der Waals surface area contributed by atoms with Crippen molar-refractivity contribution in [1.82, 2.24) is 29.9 Å². The first-order chi connectivity index (χ1) is 19.6. The molecule has 41 heavy (non-hydrogen) atoms. The number of ketones is 1. The third kappa shape index (κ3) is 6.32. The maximum Gasteiger partial charge on any atom is 0.253 e. The van der Waals surface area contributed by atoms with Crippen LogP contribution < -0.4 is 21.5 Å². The average molecular weight is 597 g/mol. The van der Waals surface area contributed by atoms with E-state index in [1.807, 2.05) is 0 Å². The van der Waals surface area contributed by atoms with Gasteiger partial charge in [0.1, 0.15) is 0 Å². The van der Waals surface area contributed by atoms with Gasteiger partial charge in [0.2, 0.25) is 15.8 Å². The summed E-state index contributed by atoms with van der Waals surface area (Å²) in [6, 6.07) is 9.54. The molecule has 1 amide bonds. The Hall–Kier alpha value is -4.07. The molecule has 3 aromatic rings. The second-order valence-corrected chi connectivity index (χ2v) is 12.2. The number of aromatic nitrogens is 3. The van der Waals surface area contributed by atoms with Crippen LogP contribution in [0.5, 0.6) is 0 Å². The topological polar surface area (TPSA) is 186 Å². The maximum absolute atomic E-state index is 13.3. The van der Waals surface area contributed by atoms with Crippen molar-refractivity contribution in [1.29, 1.82) is 0 Å². The lowest BCUT2D eigenvalue weighted by atomic mass is 9.86. The van der Waals surface area contributed by atoms with Gasteiger partial charge in [-0.05, 0) is 55.5 Å². The zero-order valence-electron chi connectivity index (χ0n) is 22.0. The number of allylic oxidation sites excluding steroid dienone is 2. The predicted octanol–water partition coefficient (Wildman–Crippen LogP) is 2.29. The summed E-state index contributed by atoms with van der Waals surface area (Å²) in [7, 11) is -3.83. The molecule has 0 atom stereocenters. The number of carbonyl (C=O) groups is 2. The standard InChI is InChI=1S/C27H29ClN8O4S/c28-23-25(30)34-24(29)22(33-23)21(37)14-19-6-7-27(35-19)8-11-36(12-9-27)26(38)18-4-1-5-20(13-18)41(39,40)32-16-17-3-2-10-31-15-17/h1-5,10,13-15,32,35H,6-9,11-12,16H2,(H4,29,30,34)/b19-14+. The number of nitrogens with two attached hydrogens (primary N) is 2. The summed E-state index contributed by atoms with van der Waals surface area (Å²) < 4.78 is 28.3. The van der Waals surface area contributed by atoms with Crippen molar-refractivity contribution in [2.24, 2.45) is 0 Å². The summed E-state index contributed by atoms with van der Waals surface area (Å²) in [6.45, 7) is 1.05. The highest BCUT2D eigenvalue weighted by atomic mass is 35.5. The molecule has 2 saturated heterocycles. The summed E-state index contributed by atoms with van der Waals surface area (Å²) in [5, 5.41) is 3.39. The molecule has 5 rings (SSSR count). The van der Waals surface area contributed by atoms with E-state index in [1.165, 1.54) is 18.2 Å². The van der Waals surface area contributed by atoms with Crippen LogP contribution in [0, 0.1) is 0 Å². The fraction of sp³-hybridized carbons (Fsp3) is 0.296. The largest absolute Gasteiger partial charge is 0.383 e. The number of nitrogen functional groups attached to an aromatic ring is 2. The van der Waals surface area contributed by atoms with E-state index in [0.717, 1.165) is 17.7 Å². The minimum atomic E-state index is -3.83. The lowest BCUT2D eigenvalue weighted by molar-refractivity contribution is 0.0659. The summed E-state index contributed by atoms with van der Waals surface area (Å²) >= 11 is 5.90. The second kappa shape index (κ2) is 11.4. The van der Waals surface area contributed by atoms with Gasteiger partial charge in [-0.15, -0.1) is 0 Å². The summed E-state index contributed by atoms with van der Waals surface area (Å²) in [5.74, 6) is -0.788. The smallest absolute Gasteiger partial charge is 0.253 e. The van der Waals surface area contributed by atoms with Gasteiger partial charge in [-0.1, -0.05) is 23.7 Å². The van der Waals surface area contributed by atoms with Gasteiger partial charge in [-0.3, -0.25) is 14.6 Å². The number of nitrogens with one attached hydrogen (secondary N) is 2. The van der Waals surface area contributed by atoms with E-state index in [2.05, 4.69) is 25.0 Å². The van der Waals surface area contributed by atoms with Crippen molar-refractivity contribution in [3.63, 3.8) is 0 Å². The molecule has 0 radical (unpaired) electrons. The van der Waals surface area contributed by atoms with E-state index in [-0.39, 0.29) is 45.4 Å². The maximum atomic E-state index is 13.3. The van der Waals surface area contributed by atoms with Crippen LogP contribution >= 0.6 is 11.6 Å². The van der Waals surface area contributed by atoms with Gasteiger partial charge >= 0.3 is 0 Å². The lowest BCUT2D eigenvalue weighted by Crippen LogP contribution is -2.51. The van der Waals surface area contributed by atoms with Crippen molar-refractivity contribution < 1.29 is 18.0 Å². The molecule has 2 fully saturated rings. The molecule has 4 heterocycles. The molecule has 1 spiro atoms. The van der Waals surface area contributed by atoms with Crippen molar-refractivity contribution in [3.8, 4) is 0 Å². The normalized spacial score (nSPS) is 17.5. The highest BCUT2D eigenvalue weighted by Crippen LogP contribution is 2.35. The van der Waals surface area contributed by atoms with Gasteiger partial charge in [-0.2, -0.15) is 0 Å². The van der Waals surface area contributed by atoms with Crippen LogP contribution in [0.15, 0.2) is 65.5 Å². The Balaban J connectivity index is 1.20. The number of hydrogen-bond acceptors (Lipinski definition) is 10. The summed E-state index contributed by atoms with van der Waals surface area (Å²) in [4.78, 5) is 39.6. The number of likely N-dealkylation sites (tertiary alicyclic amines) is 1. The number of carbonyl (C=O) groups excluding carboxylic acids is 2. The lowest BCUT2D eigenvalue weighted by Gasteiger charge is -2.39. The van der Waals surface area contributed by atoms with Gasteiger partial charge in [0.25, 0.3) is 5.91 Å². The number of rotatable bonds is 7. The first kappa shape index (κ1) is 28.5. The molecule has 1 aromatic carbocycles. The highest BCUT2D eigenvalue weighted by molar-refractivity contribution is 7.89. The summed E-state index contributed by atoms with van der Waals surface area (Å²) in [6.07, 6.45) is 7.45. The Labute approximate surface area is 242 Å². The van der Waals surface area contributed by atoms with E-state index in [1.54, 1.807) is 41.6 Å². The first-order valence-electron chi connectivity index (χ1n) is 12.9.